The molecule has 0 aliphatic rings. The number of ether oxygens (including phenoxy) is 1. The van der Waals surface area contributed by atoms with Gasteiger partial charge in [0.25, 0.3) is 0 Å². The number of ketones is 1. The monoisotopic (exact) mass is 464 g/mol. The smallest absolute Gasteiger partial charge is 0.200 e. The molecule has 104 valence electrons. The molecular formula is C15H11BrClIO2. The summed E-state index contributed by atoms with van der Waals surface area (Å²) >= 11 is 11.7. The maximum atomic E-state index is 12.0. The molecule has 0 bridgehead atoms. The van der Waals surface area contributed by atoms with Gasteiger partial charge in [-0.3, -0.25) is 4.79 Å². The minimum atomic E-state index is -0.0696. The van der Waals surface area contributed by atoms with E-state index in [4.69, 9.17) is 16.3 Å². The van der Waals surface area contributed by atoms with Crippen molar-refractivity contribution in [3.8, 4) is 5.75 Å². The topological polar surface area (TPSA) is 26.3 Å². The highest BCUT2D eigenvalue weighted by atomic mass is 127. The van der Waals surface area contributed by atoms with Crippen molar-refractivity contribution in [1.82, 2.24) is 0 Å². The normalized spacial score (nSPS) is 10.4. The Kier molecular flexibility index (Phi) is 5.46. The lowest BCUT2D eigenvalue weighted by Crippen LogP contribution is -2.12. The average molecular weight is 466 g/mol. The Morgan fingerprint density at radius 1 is 1.30 bits per heavy atom. The maximum absolute atomic E-state index is 12.0. The van der Waals surface area contributed by atoms with Crippen LogP contribution in [0.3, 0.4) is 0 Å². The van der Waals surface area contributed by atoms with Crippen LogP contribution in [0.5, 0.6) is 5.75 Å². The number of hydrogen-bond donors (Lipinski definition) is 0. The zero-order chi connectivity index (χ0) is 14.7. The van der Waals surface area contributed by atoms with Crippen LogP contribution in [-0.2, 0) is 0 Å². The SMILES string of the molecule is Cc1cc(Br)cc(Cl)c1OCC(=O)c1ccc(I)cc1. The van der Waals surface area contributed by atoms with E-state index in [0.717, 1.165) is 13.6 Å². The summed E-state index contributed by atoms with van der Waals surface area (Å²) in [6.45, 7) is 1.87. The lowest BCUT2D eigenvalue weighted by atomic mass is 10.1. The summed E-state index contributed by atoms with van der Waals surface area (Å²) in [5, 5.41) is 0.493. The molecule has 2 aromatic rings. The molecule has 0 aliphatic carbocycles. The van der Waals surface area contributed by atoms with Crippen LogP contribution in [0.15, 0.2) is 40.9 Å². The van der Waals surface area contributed by atoms with Crippen LogP contribution in [0, 0.1) is 10.5 Å². The summed E-state index contributed by atoms with van der Waals surface area (Å²) in [7, 11) is 0. The first-order valence-corrected chi connectivity index (χ1v) is 8.09. The van der Waals surface area contributed by atoms with Gasteiger partial charge in [0.15, 0.2) is 12.4 Å². The minimum absolute atomic E-state index is 0.0250. The fourth-order valence-corrected chi connectivity index (χ4v) is 3.11. The van der Waals surface area contributed by atoms with Crippen molar-refractivity contribution in [1.29, 1.82) is 0 Å². The zero-order valence-corrected chi connectivity index (χ0v) is 15.1. The van der Waals surface area contributed by atoms with Gasteiger partial charge in [0.2, 0.25) is 0 Å². The van der Waals surface area contributed by atoms with E-state index in [-0.39, 0.29) is 12.4 Å². The van der Waals surface area contributed by atoms with E-state index < -0.39 is 0 Å². The molecule has 0 aromatic heterocycles. The summed E-state index contributed by atoms with van der Waals surface area (Å²) in [5.74, 6) is 0.480. The van der Waals surface area contributed by atoms with Crippen LogP contribution < -0.4 is 4.74 Å². The highest BCUT2D eigenvalue weighted by molar-refractivity contribution is 14.1. The summed E-state index contributed by atoms with van der Waals surface area (Å²) < 4.78 is 7.54. The summed E-state index contributed by atoms with van der Waals surface area (Å²) in [4.78, 5) is 12.0. The van der Waals surface area contributed by atoms with Crippen molar-refractivity contribution in [3.63, 3.8) is 0 Å². The lowest BCUT2D eigenvalue weighted by molar-refractivity contribution is 0.0921. The maximum Gasteiger partial charge on any atom is 0.200 e. The molecule has 0 aliphatic heterocycles. The summed E-state index contributed by atoms with van der Waals surface area (Å²) in [6.07, 6.45) is 0. The van der Waals surface area contributed by atoms with Crippen LogP contribution in [0.1, 0.15) is 15.9 Å². The van der Waals surface area contributed by atoms with Gasteiger partial charge < -0.3 is 4.74 Å². The van der Waals surface area contributed by atoms with Gasteiger partial charge in [-0.2, -0.15) is 0 Å². The van der Waals surface area contributed by atoms with Crippen LogP contribution in [0.25, 0.3) is 0 Å². The molecule has 0 N–H and O–H groups in total. The molecule has 0 heterocycles. The molecule has 0 radical (unpaired) electrons. The van der Waals surface area contributed by atoms with Crippen molar-refractivity contribution in [2.24, 2.45) is 0 Å². The second-order valence-electron chi connectivity index (χ2n) is 4.25. The van der Waals surface area contributed by atoms with Crippen LogP contribution in [0.4, 0.5) is 0 Å². The van der Waals surface area contributed by atoms with Crippen LogP contribution in [-0.4, -0.2) is 12.4 Å². The number of aryl methyl sites for hydroxylation is 1. The van der Waals surface area contributed by atoms with Crippen LogP contribution in [0.2, 0.25) is 5.02 Å². The molecule has 2 aromatic carbocycles. The quantitative estimate of drug-likeness (QED) is 0.454. The fourth-order valence-electron chi connectivity index (χ4n) is 1.73. The molecule has 20 heavy (non-hydrogen) atoms. The van der Waals surface area contributed by atoms with E-state index in [1.165, 1.54) is 0 Å². The average Bonchev–Trinajstić information content (AvgIpc) is 2.38. The van der Waals surface area contributed by atoms with Crippen molar-refractivity contribution in [2.45, 2.75) is 6.92 Å². The molecule has 2 nitrogen and oxygen atoms in total. The number of rotatable bonds is 4. The predicted molar refractivity (Wildman–Crippen MR) is 92.9 cm³/mol. The highest BCUT2D eigenvalue weighted by Crippen LogP contribution is 2.32. The van der Waals surface area contributed by atoms with E-state index in [0.29, 0.717) is 16.3 Å². The lowest BCUT2D eigenvalue weighted by Gasteiger charge is -2.11. The van der Waals surface area contributed by atoms with E-state index in [2.05, 4.69) is 38.5 Å². The van der Waals surface area contributed by atoms with Crippen molar-refractivity contribution >= 4 is 55.9 Å². The van der Waals surface area contributed by atoms with Gasteiger partial charge in [-0.1, -0.05) is 39.7 Å². The van der Waals surface area contributed by atoms with E-state index >= 15 is 0 Å². The largest absolute Gasteiger partial charge is 0.484 e. The third kappa shape index (κ3) is 3.96. The van der Waals surface area contributed by atoms with E-state index in [9.17, 15) is 4.79 Å². The van der Waals surface area contributed by atoms with Crippen molar-refractivity contribution in [2.75, 3.05) is 6.61 Å². The van der Waals surface area contributed by atoms with Gasteiger partial charge in [0.05, 0.1) is 5.02 Å². The van der Waals surface area contributed by atoms with E-state index in [1.54, 1.807) is 18.2 Å². The summed E-state index contributed by atoms with van der Waals surface area (Å²) in [6, 6.07) is 11.0. The molecule has 0 saturated carbocycles. The Hall–Kier alpha value is -0.590. The predicted octanol–water partition coefficient (Wildman–Crippen LogP) is 5.28. The van der Waals surface area contributed by atoms with Gasteiger partial charge in [-0.05, 0) is 59.3 Å². The molecule has 0 atom stereocenters. The van der Waals surface area contributed by atoms with Gasteiger partial charge in [-0.15, -0.1) is 0 Å². The number of Topliss-reactive ketones (excluding diaryl/α,β-unsaturated/α-hetero) is 1. The molecule has 0 fully saturated rings. The molecular weight excluding hydrogens is 454 g/mol. The second-order valence-corrected chi connectivity index (χ2v) is 6.82. The first-order valence-electron chi connectivity index (χ1n) is 5.84. The Morgan fingerprint density at radius 2 is 1.95 bits per heavy atom. The van der Waals surface area contributed by atoms with Gasteiger partial charge in [0.1, 0.15) is 5.75 Å². The second kappa shape index (κ2) is 6.91. The molecule has 0 amide bonds. The third-order valence-electron chi connectivity index (χ3n) is 2.71. The van der Waals surface area contributed by atoms with Crippen LogP contribution >= 0.6 is 50.1 Å². The number of halogens is 3. The molecule has 2 rings (SSSR count). The Morgan fingerprint density at radius 3 is 2.55 bits per heavy atom. The van der Waals surface area contributed by atoms with Gasteiger partial charge >= 0.3 is 0 Å². The number of carbonyl (C=O) groups is 1. The molecule has 0 unspecified atom stereocenters. The van der Waals surface area contributed by atoms with Gasteiger partial charge in [-0.25, -0.2) is 0 Å². The third-order valence-corrected chi connectivity index (χ3v) is 4.17. The number of carbonyl (C=O) groups excluding carboxylic acids is 1. The van der Waals surface area contributed by atoms with Crippen molar-refractivity contribution in [3.05, 3.63) is 60.6 Å². The minimum Gasteiger partial charge on any atom is -0.484 e. The number of benzene rings is 2. The Labute approximate surface area is 144 Å². The van der Waals surface area contributed by atoms with E-state index in [1.807, 2.05) is 25.1 Å². The first-order chi connectivity index (χ1) is 9.47. The molecule has 5 heteroatoms. The summed E-state index contributed by atoms with van der Waals surface area (Å²) in [5.41, 5.74) is 1.52. The molecule has 0 spiro atoms. The first kappa shape index (κ1) is 15.8. The van der Waals surface area contributed by atoms with Gasteiger partial charge in [0, 0.05) is 13.6 Å². The zero-order valence-electron chi connectivity index (χ0n) is 10.6. The molecule has 0 saturated heterocycles. The standard InChI is InChI=1S/C15H11BrClIO2/c1-9-6-11(16)7-13(17)15(9)20-8-14(19)10-2-4-12(18)5-3-10/h2-7H,8H2,1H3. The number of hydrogen-bond acceptors (Lipinski definition) is 2. The van der Waals surface area contributed by atoms with Crippen molar-refractivity contribution < 1.29 is 9.53 Å². The Balaban J connectivity index is 2.09. The Bertz CT molecular complexity index is 618. The fraction of sp³-hybridized carbons (Fsp3) is 0.133. The highest BCUT2D eigenvalue weighted by Gasteiger charge is 2.11.